The molecule has 0 saturated carbocycles. The third-order valence-corrected chi connectivity index (χ3v) is 9.43. The van der Waals surface area contributed by atoms with Crippen molar-refractivity contribution in [1.82, 2.24) is 0 Å². The van der Waals surface area contributed by atoms with E-state index in [-0.39, 0.29) is 0 Å². The van der Waals surface area contributed by atoms with Crippen LogP contribution in [0.25, 0.3) is 0 Å². The fraction of sp³-hybridized carbons (Fsp3) is 1.00. The molecular weight excluding hydrogens is 315 g/mol. The van der Waals surface area contributed by atoms with Gasteiger partial charge in [-0.2, -0.15) is 0 Å². The summed E-state index contributed by atoms with van der Waals surface area (Å²) in [6.07, 6.45) is 0. The van der Waals surface area contributed by atoms with E-state index in [1.165, 1.54) is 0 Å². The molecule has 0 rings (SSSR count). The van der Waals surface area contributed by atoms with E-state index in [0.717, 1.165) is 0 Å². The fourth-order valence-electron chi connectivity index (χ4n) is 0.482. The van der Waals surface area contributed by atoms with E-state index in [0.29, 0.717) is 0 Å². The van der Waals surface area contributed by atoms with E-state index in [1.807, 2.05) is 0 Å². The Morgan fingerprint density at radius 2 is 0.714 bits per heavy atom. The third kappa shape index (κ3) is 2.07. The van der Waals surface area contributed by atoms with E-state index in [1.54, 1.807) is 0 Å². The van der Waals surface area contributed by atoms with Crippen LogP contribution in [0.2, 0.25) is 0 Å². The summed E-state index contributed by atoms with van der Waals surface area (Å²) in [6.45, 7) is 0. The van der Waals surface area contributed by atoms with E-state index < -0.39 is 27.4 Å². The standard InChI is InChI=1S/C3ClF9Ge/c4-14(1(5,6)7,2(8,9)10)3(11,12)13. The van der Waals surface area contributed by atoms with E-state index in [9.17, 15) is 39.5 Å². The quantitative estimate of drug-likeness (QED) is 0.474. The molecule has 0 bridgehead atoms. The molecule has 0 aliphatic rings. The number of hydrogen-bond donors (Lipinski definition) is 0. The van der Waals surface area contributed by atoms with Crippen molar-refractivity contribution in [2.75, 3.05) is 0 Å². The van der Waals surface area contributed by atoms with Crippen LogP contribution >= 0.6 is 10.0 Å². The number of halogens is 10. The minimum atomic E-state index is -8.47. The Hall–Kier alpha value is 0.203. The van der Waals surface area contributed by atoms with Crippen LogP contribution in [0.4, 0.5) is 39.5 Å². The molecule has 0 aliphatic heterocycles. The van der Waals surface area contributed by atoms with Crippen molar-refractivity contribution in [2.24, 2.45) is 0 Å². The van der Waals surface area contributed by atoms with Crippen LogP contribution in [0.3, 0.4) is 0 Å². The second-order valence-electron chi connectivity index (χ2n) is 2.15. The van der Waals surface area contributed by atoms with Gasteiger partial charge in [-0.3, -0.25) is 0 Å². The van der Waals surface area contributed by atoms with E-state index >= 15 is 0 Å². The molecule has 0 aromatic rings. The number of hydrogen-bond acceptors (Lipinski definition) is 0. The van der Waals surface area contributed by atoms with Crippen LogP contribution < -0.4 is 0 Å². The summed E-state index contributed by atoms with van der Waals surface area (Å²) in [4.78, 5) is 0. The first-order chi connectivity index (χ1) is 5.75. The Labute approximate surface area is 77.6 Å². The monoisotopic (exact) mass is 316 g/mol. The topological polar surface area (TPSA) is 0 Å². The maximum atomic E-state index is 11.6. The number of rotatable bonds is 0. The molecule has 0 heterocycles. The van der Waals surface area contributed by atoms with Crippen molar-refractivity contribution >= 4 is 22.3 Å². The second kappa shape index (κ2) is 3.36. The van der Waals surface area contributed by atoms with Gasteiger partial charge in [-0.25, -0.2) is 0 Å². The van der Waals surface area contributed by atoms with Gasteiger partial charge in [0.25, 0.3) is 0 Å². The normalized spacial score (nSPS) is 15.9. The molecule has 0 fully saturated rings. The van der Waals surface area contributed by atoms with Crippen LogP contribution in [0.15, 0.2) is 0 Å². The van der Waals surface area contributed by atoms with Gasteiger partial charge in [0.15, 0.2) is 0 Å². The third-order valence-electron chi connectivity index (χ3n) is 1.17. The zero-order valence-electron chi connectivity index (χ0n) is 5.78. The Bertz CT molecular complexity index is 174. The average Bonchev–Trinajstić information content (AvgIpc) is 1.77. The van der Waals surface area contributed by atoms with Gasteiger partial charge in [0, 0.05) is 0 Å². The minimum absolute atomic E-state index is 3.78. The predicted molar refractivity (Wildman–Crippen MR) is 29.8 cm³/mol. The number of alkyl halides is 9. The zero-order valence-corrected chi connectivity index (χ0v) is 8.63. The molecule has 86 valence electrons. The van der Waals surface area contributed by atoms with Crippen molar-refractivity contribution in [3.8, 4) is 0 Å². The average molecular weight is 315 g/mol. The van der Waals surface area contributed by atoms with Crippen LogP contribution in [-0.2, 0) is 0 Å². The molecule has 0 nitrogen and oxygen atoms in total. The molecule has 0 aromatic carbocycles. The molecular formula is C3ClF9Ge. The summed E-state index contributed by atoms with van der Waals surface area (Å²) >= 11 is -8.47. The van der Waals surface area contributed by atoms with Gasteiger partial charge in [0.1, 0.15) is 0 Å². The maximum absolute atomic E-state index is 11.6. The van der Waals surface area contributed by atoms with Crippen LogP contribution in [0.1, 0.15) is 0 Å². The molecule has 0 atom stereocenters. The van der Waals surface area contributed by atoms with E-state index in [2.05, 4.69) is 10.0 Å². The first kappa shape index (κ1) is 14.2. The molecule has 0 radical (unpaired) electrons. The molecule has 14 heavy (non-hydrogen) atoms. The molecule has 0 amide bonds. The summed E-state index contributed by atoms with van der Waals surface area (Å²) in [6, 6.07) is 0. The van der Waals surface area contributed by atoms with Gasteiger partial charge < -0.3 is 0 Å². The molecule has 0 aromatic heterocycles. The second-order valence-corrected chi connectivity index (χ2v) is 11.4. The summed E-state index contributed by atoms with van der Waals surface area (Å²) in [7, 11) is 3.78. The van der Waals surface area contributed by atoms with Gasteiger partial charge >= 0.3 is 76.9 Å². The van der Waals surface area contributed by atoms with Gasteiger partial charge in [-0.1, -0.05) is 0 Å². The van der Waals surface area contributed by atoms with Crippen LogP contribution in [0.5, 0.6) is 0 Å². The van der Waals surface area contributed by atoms with Crippen molar-refractivity contribution in [2.45, 2.75) is 15.0 Å². The summed E-state index contributed by atoms with van der Waals surface area (Å²) in [5.41, 5.74) is 0. The van der Waals surface area contributed by atoms with Crippen molar-refractivity contribution in [1.29, 1.82) is 0 Å². The van der Waals surface area contributed by atoms with Gasteiger partial charge in [0.2, 0.25) is 0 Å². The van der Waals surface area contributed by atoms with Gasteiger partial charge in [0.05, 0.1) is 0 Å². The predicted octanol–water partition coefficient (Wildman–Crippen LogP) is 3.48. The SMILES string of the molecule is F[C](F)(F)[Ge]([Cl])([C](F)(F)F)[C](F)(F)F. The molecule has 0 spiro atoms. The Kier molecular flexibility index (Phi) is 3.40. The Balaban J connectivity index is 5.54. The zero-order chi connectivity index (χ0) is 12.0. The first-order valence-corrected chi connectivity index (χ1v) is 8.54. The van der Waals surface area contributed by atoms with Crippen molar-refractivity contribution in [3.63, 3.8) is 0 Å². The van der Waals surface area contributed by atoms with Crippen molar-refractivity contribution < 1.29 is 39.5 Å². The van der Waals surface area contributed by atoms with Gasteiger partial charge in [-0.05, 0) is 0 Å². The van der Waals surface area contributed by atoms with Crippen LogP contribution in [0, 0.1) is 0 Å². The molecule has 0 saturated heterocycles. The summed E-state index contributed by atoms with van der Waals surface area (Å²) < 4.78 is 104. The molecule has 11 heteroatoms. The fourth-order valence-corrected chi connectivity index (χ4v) is 2.51. The van der Waals surface area contributed by atoms with Gasteiger partial charge in [-0.15, -0.1) is 0 Å². The first-order valence-electron chi connectivity index (χ1n) is 2.64. The molecule has 0 unspecified atom stereocenters. The summed E-state index contributed by atoms with van der Waals surface area (Å²) in [5, 5.41) is -19.4. The van der Waals surface area contributed by atoms with Crippen molar-refractivity contribution in [3.05, 3.63) is 0 Å². The molecule has 0 aliphatic carbocycles. The van der Waals surface area contributed by atoms with Crippen LogP contribution in [-0.4, -0.2) is 27.4 Å². The van der Waals surface area contributed by atoms with E-state index in [4.69, 9.17) is 0 Å². The molecule has 0 N–H and O–H groups in total. The Morgan fingerprint density at radius 3 is 0.714 bits per heavy atom. The summed E-state index contributed by atoms with van der Waals surface area (Å²) in [5.74, 6) is 0. The Morgan fingerprint density at radius 1 is 0.571 bits per heavy atom.